The van der Waals surface area contributed by atoms with Crippen molar-refractivity contribution in [2.45, 2.75) is 11.8 Å². The summed E-state index contributed by atoms with van der Waals surface area (Å²) in [7, 11) is 0.541. The Hall–Kier alpha value is -2.25. The van der Waals surface area contributed by atoms with Crippen LogP contribution in [-0.2, 0) is 15.6 Å². The molecule has 7 heteroatoms. The number of benzene rings is 2. The van der Waals surface area contributed by atoms with Crippen LogP contribution in [0.3, 0.4) is 0 Å². The third-order valence-corrected chi connectivity index (χ3v) is 4.79. The molecule has 0 aliphatic rings. The molecule has 2 aromatic carbocycles. The molecule has 0 radical (unpaired) electrons. The Morgan fingerprint density at radius 3 is 2.46 bits per heavy atom. The monoisotopic (exact) mass is 378 g/mol. The number of carbonyl (C=O) groups excluding carboxylic acids is 1. The number of nitrogens with zero attached hydrogens (tertiary/aromatic N) is 1. The summed E-state index contributed by atoms with van der Waals surface area (Å²) < 4.78 is 36.3. The van der Waals surface area contributed by atoms with Crippen molar-refractivity contribution in [2.24, 2.45) is 0 Å². The van der Waals surface area contributed by atoms with Crippen molar-refractivity contribution in [1.29, 1.82) is 0 Å². The number of hydrogen-bond donors (Lipinski definition) is 1. The molecule has 1 N–H and O–H groups in total. The van der Waals surface area contributed by atoms with Gasteiger partial charge in [-0.3, -0.25) is 4.79 Å². The molecule has 1 atom stereocenters. The van der Waals surface area contributed by atoms with Crippen molar-refractivity contribution in [3.8, 4) is 0 Å². The molecule has 0 saturated heterocycles. The minimum atomic E-state index is -3.17. The second kappa shape index (κ2) is 8.42. The highest BCUT2D eigenvalue weighted by Crippen LogP contribution is 2.18. The first-order valence-corrected chi connectivity index (χ1v) is 10.2. The first-order valence-electron chi connectivity index (χ1n) is 8.12. The summed E-state index contributed by atoms with van der Waals surface area (Å²) in [5, 5.41) is 2.84. The maximum absolute atomic E-state index is 13.5. The molecule has 0 aliphatic carbocycles. The summed E-state index contributed by atoms with van der Waals surface area (Å²) in [6.45, 7) is 0.297. The maximum atomic E-state index is 13.5. The molecule has 0 aromatic heterocycles. The molecule has 0 bridgehead atoms. The molecule has 2 rings (SSSR count). The van der Waals surface area contributed by atoms with Gasteiger partial charge in [0.25, 0.3) is 5.91 Å². The van der Waals surface area contributed by atoms with E-state index in [2.05, 4.69) is 5.32 Å². The van der Waals surface area contributed by atoms with Gasteiger partial charge in [-0.1, -0.05) is 24.3 Å². The number of halogens is 1. The Kier molecular flexibility index (Phi) is 6.50. The van der Waals surface area contributed by atoms with Crippen LogP contribution in [0, 0.1) is 5.82 Å². The Morgan fingerprint density at radius 1 is 1.15 bits per heavy atom. The second-order valence-electron chi connectivity index (χ2n) is 6.51. The first kappa shape index (κ1) is 20.1. The fourth-order valence-electron chi connectivity index (χ4n) is 2.71. The molecular weight excluding hydrogens is 355 g/mol. The molecule has 26 heavy (non-hydrogen) atoms. The van der Waals surface area contributed by atoms with Crippen LogP contribution in [0.1, 0.15) is 27.5 Å². The number of rotatable bonds is 7. The Balaban J connectivity index is 2.10. The standard InChI is InChI=1S/C19H23FN2O3S/c1-22(2)18(15-7-5-9-17(20)11-15)12-21-19(23)16-8-4-6-14(10-16)13-26(3,24)25/h4-11,18H,12-13H2,1-3H3,(H,21,23). The van der Waals surface area contributed by atoms with Gasteiger partial charge in [0, 0.05) is 18.4 Å². The highest BCUT2D eigenvalue weighted by atomic mass is 32.2. The van der Waals surface area contributed by atoms with Crippen LogP contribution in [-0.4, -0.2) is 46.1 Å². The molecule has 5 nitrogen and oxygen atoms in total. The van der Waals surface area contributed by atoms with E-state index in [1.807, 2.05) is 25.1 Å². The summed E-state index contributed by atoms with van der Waals surface area (Å²) >= 11 is 0. The van der Waals surface area contributed by atoms with E-state index in [1.165, 1.54) is 12.1 Å². The molecule has 0 saturated carbocycles. The quantitative estimate of drug-likeness (QED) is 0.803. The predicted molar refractivity (Wildman–Crippen MR) is 100 cm³/mol. The Morgan fingerprint density at radius 2 is 1.85 bits per heavy atom. The third-order valence-electron chi connectivity index (χ3n) is 3.93. The molecule has 0 spiro atoms. The van der Waals surface area contributed by atoms with E-state index >= 15 is 0 Å². The first-order chi connectivity index (χ1) is 12.2. The largest absolute Gasteiger partial charge is 0.350 e. The lowest BCUT2D eigenvalue weighted by atomic mass is 10.1. The Bertz CT molecular complexity index is 882. The van der Waals surface area contributed by atoms with Gasteiger partial charge in [-0.25, -0.2) is 12.8 Å². The highest BCUT2D eigenvalue weighted by Gasteiger charge is 2.17. The number of carbonyl (C=O) groups is 1. The van der Waals surface area contributed by atoms with Crippen LogP contribution in [0.5, 0.6) is 0 Å². The number of nitrogens with one attached hydrogen (secondary N) is 1. The van der Waals surface area contributed by atoms with Crippen LogP contribution in [0.2, 0.25) is 0 Å². The van der Waals surface area contributed by atoms with Gasteiger partial charge in [0.15, 0.2) is 9.84 Å². The van der Waals surface area contributed by atoms with E-state index in [0.717, 1.165) is 11.8 Å². The molecule has 0 aliphatic heterocycles. The number of sulfone groups is 1. The van der Waals surface area contributed by atoms with E-state index in [1.54, 1.807) is 30.3 Å². The van der Waals surface area contributed by atoms with Crippen LogP contribution < -0.4 is 5.32 Å². The van der Waals surface area contributed by atoms with Gasteiger partial charge in [-0.05, 0) is 49.5 Å². The summed E-state index contributed by atoms with van der Waals surface area (Å²) in [5.41, 5.74) is 1.72. The van der Waals surface area contributed by atoms with Crippen molar-refractivity contribution in [3.05, 3.63) is 71.0 Å². The van der Waals surface area contributed by atoms with Gasteiger partial charge in [0.2, 0.25) is 0 Å². The SMILES string of the molecule is CN(C)C(CNC(=O)c1cccc(CS(C)(=O)=O)c1)c1cccc(F)c1. The van der Waals surface area contributed by atoms with E-state index in [9.17, 15) is 17.6 Å². The topological polar surface area (TPSA) is 66.5 Å². The number of hydrogen-bond acceptors (Lipinski definition) is 4. The van der Waals surface area contributed by atoms with Crippen molar-refractivity contribution in [3.63, 3.8) is 0 Å². The van der Waals surface area contributed by atoms with Crippen LogP contribution in [0.25, 0.3) is 0 Å². The number of likely N-dealkylation sites (N-methyl/N-ethyl adjacent to an activating group) is 1. The molecule has 1 unspecified atom stereocenters. The molecule has 0 fully saturated rings. The van der Waals surface area contributed by atoms with E-state index in [4.69, 9.17) is 0 Å². The van der Waals surface area contributed by atoms with Crippen LogP contribution in [0.15, 0.2) is 48.5 Å². The summed E-state index contributed by atoms with van der Waals surface area (Å²) in [6.07, 6.45) is 1.15. The van der Waals surface area contributed by atoms with Crippen LogP contribution >= 0.6 is 0 Å². The van der Waals surface area contributed by atoms with E-state index in [0.29, 0.717) is 17.7 Å². The maximum Gasteiger partial charge on any atom is 0.251 e. The van der Waals surface area contributed by atoms with Crippen molar-refractivity contribution >= 4 is 15.7 Å². The summed E-state index contributed by atoms with van der Waals surface area (Å²) in [5.74, 6) is -0.740. The third kappa shape index (κ3) is 5.93. The van der Waals surface area contributed by atoms with Crippen molar-refractivity contribution < 1.29 is 17.6 Å². The minimum absolute atomic E-state index is 0.113. The lowest BCUT2D eigenvalue weighted by molar-refractivity contribution is 0.0942. The molecule has 1 amide bonds. The smallest absolute Gasteiger partial charge is 0.251 e. The van der Waals surface area contributed by atoms with Crippen LogP contribution in [0.4, 0.5) is 4.39 Å². The predicted octanol–water partition coefficient (Wildman–Crippen LogP) is 2.40. The molecule has 140 valence electrons. The normalized spacial score (nSPS) is 12.8. The van der Waals surface area contributed by atoms with E-state index in [-0.39, 0.29) is 23.5 Å². The average molecular weight is 378 g/mol. The molecule has 2 aromatic rings. The summed E-state index contributed by atoms with van der Waals surface area (Å²) in [6, 6.07) is 12.6. The molecular formula is C19H23FN2O3S. The fourth-order valence-corrected chi connectivity index (χ4v) is 3.49. The van der Waals surface area contributed by atoms with Crippen molar-refractivity contribution in [1.82, 2.24) is 10.2 Å². The van der Waals surface area contributed by atoms with Gasteiger partial charge in [-0.15, -0.1) is 0 Å². The number of amides is 1. The molecule has 0 heterocycles. The average Bonchev–Trinajstić information content (AvgIpc) is 2.53. The zero-order valence-corrected chi connectivity index (χ0v) is 15.9. The Labute approximate surface area is 153 Å². The van der Waals surface area contributed by atoms with Crippen molar-refractivity contribution in [2.75, 3.05) is 26.9 Å². The van der Waals surface area contributed by atoms with Gasteiger partial charge in [-0.2, -0.15) is 0 Å². The van der Waals surface area contributed by atoms with Gasteiger partial charge in [0.05, 0.1) is 11.8 Å². The second-order valence-corrected chi connectivity index (χ2v) is 8.66. The summed E-state index contributed by atoms with van der Waals surface area (Å²) in [4.78, 5) is 14.3. The lowest BCUT2D eigenvalue weighted by Crippen LogP contribution is -2.34. The highest BCUT2D eigenvalue weighted by molar-refractivity contribution is 7.89. The van der Waals surface area contributed by atoms with Gasteiger partial charge >= 0.3 is 0 Å². The van der Waals surface area contributed by atoms with E-state index < -0.39 is 9.84 Å². The fraction of sp³-hybridized carbons (Fsp3) is 0.316. The zero-order chi connectivity index (χ0) is 19.3. The zero-order valence-electron chi connectivity index (χ0n) is 15.1. The van der Waals surface area contributed by atoms with Gasteiger partial charge in [0.1, 0.15) is 5.82 Å². The minimum Gasteiger partial charge on any atom is -0.350 e. The lowest BCUT2D eigenvalue weighted by Gasteiger charge is -2.25. The van der Waals surface area contributed by atoms with Gasteiger partial charge < -0.3 is 10.2 Å².